The van der Waals surface area contributed by atoms with Gasteiger partial charge in [0, 0.05) is 51.3 Å². The Hall–Kier alpha value is -5.69. The first-order valence-electron chi connectivity index (χ1n) is 20.0. The average molecular weight is 752 g/mol. The maximum Gasteiger partial charge on any atom is 0.159 e. The van der Waals surface area contributed by atoms with Crippen LogP contribution >= 0.6 is 0 Å². The van der Waals surface area contributed by atoms with E-state index in [4.69, 9.17) is 0 Å². The van der Waals surface area contributed by atoms with Crippen LogP contribution in [-0.2, 0) is 0 Å². The van der Waals surface area contributed by atoms with E-state index in [0.29, 0.717) is 0 Å². The highest BCUT2D eigenvalue weighted by molar-refractivity contribution is 5.82. The molecule has 0 amide bonds. The largest absolute Gasteiger partial charge is 0.254 e. The summed E-state index contributed by atoms with van der Waals surface area (Å²) >= 11 is 0. The highest BCUT2D eigenvalue weighted by atomic mass is 14.9. The topological polar surface area (TPSA) is 90.2 Å². The van der Waals surface area contributed by atoms with E-state index in [1.807, 2.05) is 151 Å². The van der Waals surface area contributed by atoms with Gasteiger partial charge in [-0.2, -0.15) is 0 Å². The minimum Gasteiger partial charge on any atom is -0.254 e. The molecular weight excluding hydrogens is 687 g/mol. The number of pyridine rings is 5. The van der Waals surface area contributed by atoms with E-state index in [0.717, 1.165) is 67.1 Å². The molecule has 8 rings (SSSR count). The van der Waals surface area contributed by atoms with Crippen molar-refractivity contribution in [2.24, 2.45) is 0 Å². The van der Waals surface area contributed by atoms with Crippen molar-refractivity contribution >= 4 is 43.9 Å². The first kappa shape index (κ1) is 48.3. The average Bonchev–Trinajstić information content (AvgIpc) is 3.21. The summed E-state index contributed by atoms with van der Waals surface area (Å²) in [5.74, 6) is 0.839. The van der Waals surface area contributed by atoms with Crippen LogP contribution in [0.1, 0.15) is 101 Å². The molecule has 56 heavy (non-hydrogen) atoms. The molecule has 6 aromatic heterocycles. The lowest BCUT2D eigenvalue weighted by atomic mass is 10.1. The number of aromatic nitrogens is 7. The Kier molecular flexibility index (Phi) is 22.6. The summed E-state index contributed by atoms with van der Waals surface area (Å²) in [5, 5.41) is 3.54. The van der Waals surface area contributed by atoms with Gasteiger partial charge in [0.2, 0.25) is 0 Å². The lowest BCUT2D eigenvalue weighted by Crippen LogP contribution is -1.92. The first-order chi connectivity index (χ1) is 27.1. The summed E-state index contributed by atoms with van der Waals surface area (Å²) in [5.41, 5.74) is 12.9. The van der Waals surface area contributed by atoms with E-state index in [1.54, 1.807) is 12.4 Å². The molecule has 8 aromatic rings. The molecule has 0 atom stereocenters. The van der Waals surface area contributed by atoms with Crippen LogP contribution in [0.5, 0.6) is 0 Å². The maximum absolute atomic E-state index is 4.44. The number of fused-ring (bicyclic) bond motifs is 4. The Morgan fingerprint density at radius 3 is 1.41 bits per heavy atom. The van der Waals surface area contributed by atoms with Crippen molar-refractivity contribution in [3.8, 4) is 0 Å². The van der Waals surface area contributed by atoms with Crippen LogP contribution in [0.4, 0.5) is 0 Å². The molecule has 6 heterocycles. The van der Waals surface area contributed by atoms with Gasteiger partial charge in [0.05, 0.1) is 22.1 Å². The van der Waals surface area contributed by atoms with Crippen molar-refractivity contribution < 1.29 is 0 Å². The second-order valence-electron chi connectivity index (χ2n) is 11.9. The molecule has 0 N–H and O–H groups in total. The van der Waals surface area contributed by atoms with E-state index in [9.17, 15) is 0 Å². The summed E-state index contributed by atoms with van der Waals surface area (Å²) in [6, 6.07) is 30.4. The van der Waals surface area contributed by atoms with E-state index >= 15 is 0 Å². The predicted octanol–water partition coefficient (Wildman–Crippen LogP) is 13.7. The van der Waals surface area contributed by atoms with Gasteiger partial charge in [-0.15, -0.1) is 0 Å². The molecule has 2 aromatic carbocycles. The minimum atomic E-state index is 0.839. The molecule has 0 unspecified atom stereocenters. The second-order valence-corrected chi connectivity index (χ2v) is 11.9. The van der Waals surface area contributed by atoms with Crippen molar-refractivity contribution in [2.75, 3.05) is 0 Å². The van der Waals surface area contributed by atoms with Gasteiger partial charge >= 0.3 is 0 Å². The van der Waals surface area contributed by atoms with Crippen molar-refractivity contribution in [3.05, 3.63) is 149 Å². The molecule has 0 aliphatic carbocycles. The summed E-state index contributed by atoms with van der Waals surface area (Å²) in [6.45, 7) is 32.2. The summed E-state index contributed by atoms with van der Waals surface area (Å²) in [7, 11) is 0. The van der Waals surface area contributed by atoms with Crippen molar-refractivity contribution in [1.29, 1.82) is 0 Å². The molecule has 0 saturated carbocycles. The number of nitrogens with zero attached hydrogens (tertiary/aromatic N) is 7. The fourth-order valence-corrected chi connectivity index (χ4v) is 5.68. The fraction of sp³-hybridized carbons (Fsp3) is 0.327. The molecule has 0 fully saturated rings. The quantitative estimate of drug-likeness (QED) is 0.152. The van der Waals surface area contributed by atoms with Gasteiger partial charge in [-0.05, 0) is 127 Å². The lowest BCUT2D eigenvalue weighted by molar-refractivity contribution is 1.05. The zero-order chi connectivity index (χ0) is 42.2. The lowest BCUT2D eigenvalue weighted by Gasteiger charge is -2.01. The molecule has 0 radical (unpaired) electrons. The first-order valence-corrected chi connectivity index (χ1v) is 20.0. The van der Waals surface area contributed by atoms with Crippen molar-refractivity contribution in [1.82, 2.24) is 34.9 Å². The Morgan fingerprint density at radius 2 is 0.786 bits per heavy atom. The molecule has 7 nitrogen and oxygen atoms in total. The van der Waals surface area contributed by atoms with E-state index in [2.05, 4.69) is 86.0 Å². The van der Waals surface area contributed by atoms with Crippen LogP contribution in [0.25, 0.3) is 43.9 Å². The van der Waals surface area contributed by atoms with Crippen molar-refractivity contribution in [2.45, 2.75) is 111 Å². The number of hydrogen-bond acceptors (Lipinski definition) is 7. The second kappa shape index (κ2) is 26.2. The molecule has 0 aliphatic heterocycles. The van der Waals surface area contributed by atoms with Crippen LogP contribution in [0.15, 0.2) is 103 Å². The van der Waals surface area contributed by atoms with Crippen LogP contribution in [-0.4, -0.2) is 34.9 Å². The highest BCUT2D eigenvalue weighted by Crippen LogP contribution is 2.17. The fourth-order valence-electron chi connectivity index (χ4n) is 5.68. The summed E-state index contributed by atoms with van der Waals surface area (Å²) < 4.78 is 0. The third-order valence-electron chi connectivity index (χ3n) is 7.76. The Balaban J connectivity index is 0.000000352. The van der Waals surface area contributed by atoms with E-state index in [1.165, 1.54) is 22.1 Å². The van der Waals surface area contributed by atoms with Crippen LogP contribution < -0.4 is 0 Å². The Labute approximate surface area is 337 Å². The molecule has 0 bridgehead atoms. The molecule has 296 valence electrons. The molecule has 0 spiro atoms. The number of para-hydroxylation sites is 2. The molecule has 0 saturated heterocycles. The highest BCUT2D eigenvalue weighted by Gasteiger charge is 2.01. The Morgan fingerprint density at radius 1 is 0.357 bits per heavy atom. The number of aryl methyl sites for hydroxylation is 8. The standard InChI is InChI=1S/C11H11N.3C10H10N2.4C2H6/c1-8-7-9(2)12-11-6-4-3-5-10(8)11;1-7-6-8(2)12-9-4-3-5-11-10(7)9;1-7-6-8(2)12-10-9(7)4-3-5-11-10;1-7-9-5-3-4-6-10(9)12-8(2)11-7;4*1-2/h3-7H,1-2H3;3*3-6H,1-2H3;4*1-2H3. The zero-order valence-electron chi connectivity index (χ0n) is 36.9. The Bertz CT molecular complexity index is 2020. The number of hydrogen-bond donors (Lipinski definition) is 0. The van der Waals surface area contributed by atoms with Crippen LogP contribution in [0, 0.1) is 55.4 Å². The van der Waals surface area contributed by atoms with Gasteiger partial charge in [-0.25, -0.2) is 19.9 Å². The van der Waals surface area contributed by atoms with Gasteiger partial charge in [-0.3, -0.25) is 15.0 Å². The molecular formula is C49H65N7. The summed E-state index contributed by atoms with van der Waals surface area (Å²) in [6.07, 6.45) is 3.57. The smallest absolute Gasteiger partial charge is 0.159 e. The summed E-state index contributed by atoms with van der Waals surface area (Å²) in [4.78, 5) is 30.2. The van der Waals surface area contributed by atoms with Gasteiger partial charge in [0.1, 0.15) is 5.82 Å². The normalized spacial score (nSPS) is 9.43. The maximum atomic E-state index is 4.44. The predicted molar refractivity (Wildman–Crippen MR) is 244 cm³/mol. The van der Waals surface area contributed by atoms with Gasteiger partial charge in [0.15, 0.2) is 5.65 Å². The van der Waals surface area contributed by atoms with Gasteiger partial charge < -0.3 is 0 Å². The third-order valence-corrected chi connectivity index (χ3v) is 7.76. The van der Waals surface area contributed by atoms with Crippen LogP contribution in [0.3, 0.4) is 0 Å². The van der Waals surface area contributed by atoms with Crippen LogP contribution in [0.2, 0.25) is 0 Å². The third kappa shape index (κ3) is 14.5. The van der Waals surface area contributed by atoms with Gasteiger partial charge in [0.25, 0.3) is 0 Å². The van der Waals surface area contributed by atoms with E-state index in [-0.39, 0.29) is 0 Å². The molecule has 0 aliphatic rings. The van der Waals surface area contributed by atoms with Gasteiger partial charge in [-0.1, -0.05) is 91.8 Å². The molecule has 7 heteroatoms. The zero-order valence-corrected chi connectivity index (χ0v) is 36.9. The number of benzene rings is 2. The number of rotatable bonds is 0. The SMILES string of the molecule is CC.CC.CC.CC.Cc1cc(C)c2ccccc2n1.Cc1cc(C)c2cccnc2n1.Cc1cc(C)c2ncccc2n1.Cc1nc(C)c2ccccc2n1. The van der Waals surface area contributed by atoms with E-state index < -0.39 is 0 Å². The van der Waals surface area contributed by atoms with Crippen molar-refractivity contribution in [3.63, 3.8) is 0 Å². The minimum absolute atomic E-state index is 0.839. The monoisotopic (exact) mass is 752 g/mol.